The summed E-state index contributed by atoms with van der Waals surface area (Å²) in [6, 6.07) is 5.51. The Labute approximate surface area is 155 Å². The number of aromatic nitrogens is 3. The summed E-state index contributed by atoms with van der Waals surface area (Å²) in [4.78, 5) is 0. The Kier molecular flexibility index (Phi) is 5.36. The van der Waals surface area contributed by atoms with Crippen molar-refractivity contribution in [2.75, 3.05) is 11.9 Å². The SMILES string of the molecule is C[C@H](O)CNc1nnc(-c2ccc(C(F)(F)F)cc2OC(F)F)c2cccn12. The van der Waals surface area contributed by atoms with Crippen molar-refractivity contribution in [3.63, 3.8) is 0 Å². The van der Waals surface area contributed by atoms with E-state index in [1.54, 1.807) is 25.3 Å². The number of fused-ring (bicyclic) bond motifs is 1. The molecule has 28 heavy (non-hydrogen) atoms. The van der Waals surface area contributed by atoms with Crippen molar-refractivity contribution in [1.82, 2.24) is 14.6 Å². The molecule has 0 aliphatic heterocycles. The Bertz CT molecular complexity index is 972. The van der Waals surface area contributed by atoms with Crippen LogP contribution in [0, 0.1) is 0 Å². The number of nitrogens with zero attached hydrogens (tertiary/aromatic N) is 3. The van der Waals surface area contributed by atoms with E-state index in [2.05, 4.69) is 20.3 Å². The standard InChI is InChI=1S/C17H15F5N4O2/c1-9(27)8-23-16-25-24-14(12-3-2-6-26(12)16)11-5-4-10(17(20,21)22)7-13(11)28-15(18)19/h2-7,9,15,27H,8H2,1H3,(H,23,25)/t9-/m0/s1. The highest BCUT2D eigenvalue weighted by Crippen LogP contribution is 2.38. The Hall–Kier alpha value is -2.95. The number of ether oxygens (including phenoxy) is 1. The normalized spacial score (nSPS) is 13.1. The Morgan fingerprint density at radius 1 is 1.21 bits per heavy atom. The minimum atomic E-state index is -4.72. The largest absolute Gasteiger partial charge is 0.434 e. The van der Waals surface area contributed by atoms with Crippen molar-refractivity contribution < 1.29 is 31.8 Å². The first-order valence-electron chi connectivity index (χ1n) is 8.09. The molecular weight excluding hydrogens is 387 g/mol. The minimum absolute atomic E-state index is 0.0634. The van der Waals surface area contributed by atoms with Gasteiger partial charge in [0.2, 0.25) is 5.95 Å². The third kappa shape index (κ3) is 4.14. The van der Waals surface area contributed by atoms with Crippen molar-refractivity contribution in [1.29, 1.82) is 0 Å². The first-order chi connectivity index (χ1) is 13.2. The molecule has 11 heteroatoms. The van der Waals surface area contributed by atoms with Crippen molar-refractivity contribution in [2.24, 2.45) is 0 Å². The predicted octanol–water partition coefficient (Wildman–Crippen LogP) is 3.81. The zero-order chi connectivity index (χ0) is 20.5. The number of alkyl halides is 5. The predicted molar refractivity (Wildman–Crippen MR) is 90.2 cm³/mol. The van der Waals surface area contributed by atoms with Crippen molar-refractivity contribution in [2.45, 2.75) is 25.8 Å². The van der Waals surface area contributed by atoms with Gasteiger partial charge >= 0.3 is 12.8 Å². The summed E-state index contributed by atoms with van der Waals surface area (Å²) in [7, 11) is 0. The average Bonchev–Trinajstić information content (AvgIpc) is 3.08. The van der Waals surface area contributed by atoms with Crippen LogP contribution in [0.3, 0.4) is 0 Å². The van der Waals surface area contributed by atoms with Crippen LogP contribution in [-0.2, 0) is 6.18 Å². The molecule has 0 saturated carbocycles. The van der Waals surface area contributed by atoms with Crippen LogP contribution in [0.2, 0.25) is 0 Å². The van der Waals surface area contributed by atoms with Crippen LogP contribution in [-0.4, -0.2) is 39.0 Å². The lowest BCUT2D eigenvalue weighted by atomic mass is 10.1. The third-order valence-corrected chi connectivity index (χ3v) is 3.80. The van der Waals surface area contributed by atoms with Crippen LogP contribution in [0.4, 0.5) is 27.9 Å². The van der Waals surface area contributed by atoms with E-state index in [1.165, 1.54) is 4.40 Å². The van der Waals surface area contributed by atoms with E-state index >= 15 is 0 Å². The number of halogens is 5. The molecule has 1 atom stereocenters. The summed E-state index contributed by atoms with van der Waals surface area (Å²) >= 11 is 0. The first-order valence-corrected chi connectivity index (χ1v) is 8.09. The molecule has 0 amide bonds. The lowest BCUT2D eigenvalue weighted by molar-refractivity contribution is -0.138. The highest BCUT2D eigenvalue weighted by atomic mass is 19.4. The van der Waals surface area contributed by atoms with E-state index in [4.69, 9.17) is 0 Å². The van der Waals surface area contributed by atoms with Gasteiger partial charge in [0.1, 0.15) is 11.4 Å². The number of hydrogen-bond donors (Lipinski definition) is 2. The van der Waals surface area contributed by atoms with Gasteiger partial charge in [-0.15, -0.1) is 10.2 Å². The van der Waals surface area contributed by atoms with Gasteiger partial charge in [0.05, 0.1) is 17.2 Å². The monoisotopic (exact) mass is 402 g/mol. The molecule has 0 unspecified atom stereocenters. The zero-order valence-electron chi connectivity index (χ0n) is 14.4. The van der Waals surface area contributed by atoms with E-state index in [0.717, 1.165) is 12.1 Å². The number of anilines is 1. The van der Waals surface area contributed by atoms with Crippen LogP contribution in [0.25, 0.3) is 16.8 Å². The van der Waals surface area contributed by atoms with Gasteiger partial charge in [0.15, 0.2) is 0 Å². The molecule has 6 nitrogen and oxygen atoms in total. The lowest BCUT2D eigenvalue weighted by Gasteiger charge is -2.15. The Morgan fingerprint density at radius 3 is 2.61 bits per heavy atom. The van der Waals surface area contributed by atoms with Crippen molar-refractivity contribution >= 4 is 11.5 Å². The van der Waals surface area contributed by atoms with Gasteiger partial charge in [-0.25, -0.2) is 0 Å². The van der Waals surface area contributed by atoms with Gasteiger partial charge < -0.3 is 15.2 Å². The molecule has 0 aliphatic carbocycles. The topological polar surface area (TPSA) is 71.7 Å². The molecule has 2 aromatic heterocycles. The molecule has 2 N–H and O–H groups in total. The highest BCUT2D eigenvalue weighted by Gasteiger charge is 2.32. The van der Waals surface area contributed by atoms with Crippen LogP contribution < -0.4 is 10.1 Å². The maximum Gasteiger partial charge on any atom is 0.416 e. The lowest BCUT2D eigenvalue weighted by Crippen LogP contribution is -2.18. The van der Waals surface area contributed by atoms with E-state index in [9.17, 15) is 27.1 Å². The fourth-order valence-corrected chi connectivity index (χ4v) is 2.59. The summed E-state index contributed by atoms with van der Waals surface area (Å²) in [5.74, 6) is -0.389. The Morgan fingerprint density at radius 2 is 1.96 bits per heavy atom. The number of benzene rings is 1. The van der Waals surface area contributed by atoms with Crippen molar-refractivity contribution in [3.05, 3.63) is 42.1 Å². The quantitative estimate of drug-likeness (QED) is 0.614. The molecule has 0 saturated heterocycles. The maximum absolute atomic E-state index is 12.9. The summed E-state index contributed by atoms with van der Waals surface area (Å²) in [5, 5.41) is 20.2. The molecule has 0 bridgehead atoms. The Balaban J connectivity index is 2.11. The second kappa shape index (κ2) is 7.58. The van der Waals surface area contributed by atoms with Gasteiger partial charge in [-0.2, -0.15) is 22.0 Å². The van der Waals surface area contributed by atoms with Gasteiger partial charge in [-0.3, -0.25) is 4.40 Å². The van der Waals surface area contributed by atoms with Gasteiger partial charge in [0, 0.05) is 18.3 Å². The van der Waals surface area contributed by atoms with Crippen LogP contribution >= 0.6 is 0 Å². The molecule has 0 radical (unpaired) electrons. The van der Waals surface area contributed by atoms with Crippen LogP contribution in [0.15, 0.2) is 36.5 Å². The molecular formula is C17H15F5N4O2. The summed E-state index contributed by atoms with van der Waals surface area (Å²) in [6.07, 6.45) is -3.77. The van der Waals surface area contributed by atoms with Gasteiger partial charge in [-0.05, 0) is 37.3 Å². The molecule has 1 aromatic carbocycles. The van der Waals surface area contributed by atoms with Crippen LogP contribution in [0.1, 0.15) is 12.5 Å². The number of rotatable bonds is 6. The van der Waals surface area contributed by atoms with Crippen molar-refractivity contribution in [3.8, 4) is 17.0 Å². The number of aliphatic hydroxyl groups excluding tert-OH is 1. The fraction of sp³-hybridized carbons (Fsp3) is 0.294. The van der Waals surface area contributed by atoms with E-state index in [-0.39, 0.29) is 23.8 Å². The summed E-state index contributed by atoms with van der Waals surface area (Å²) in [5.41, 5.74) is -0.716. The number of hydrogen-bond acceptors (Lipinski definition) is 5. The molecule has 0 spiro atoms. The molecule has 0 fully saturated rings. The molecule has 0 aliphatic rings. The number of aliphatic hydroxyl groups is 1. The highest BCUT2D eigenvalue weighted by molar-refractivity contribution is 5.81. The second-order valence-electron chi connectivity index (χ2n) is 5.95. The molecule has 3 rings (SSSR count). The van der Waals surface area contributed by atoms with Gasteiger partial charge in [-0.1, -0.05) is 0 Å². The fourth-order valence-electron chi connectivity index (χ4n) is 2.59. The second-order valence-corrected chi connectivity index (χ2v) is 5.95. The van der Waals surface area contributed by atoms with Gasteiger partial charge in [0.25, 0.3) is 0 Å². The minimum Gasteiger partial charge on any atom is -0.434 e. The van der Waals surface area contributed by atoms with E-state index in [0.29, 0.717) is 11.6 Å². The first kappa shape index (κ1) is 19.8. The zero-order valence-corrected chi connectivity index (χ0v) is 14.4. The van der Waals surface area contributed by atoms with Crippen LogP contribution in [0.5, 0.6) is 5.75 Å². The maximum atomic E-state index is 12.9. The molecule has 3 aromatic rings. The molecule has 150 valence electrons. The smallest absolute Gasteiger partial charge is 0.416 e. The summed E-state index contributed by atoms with van der Waals surface area (Å²) < 4.78 is 70.2. The average molecular weight is 402 g/mol. The summed E-state index contributed by atoms with van der Waals surface area (Å²) in [6.45, 7) is -1.57. The molecule has 2 heterocycles. The van der Waals surface area contributed by atoms with E-state index < -0.39 is 30.2 Å². The van der Waals surface area contributed by atoms with E-state index in [1.807, 2.05) is 0 Å². The number of nitrogens with one attached hydrogen (secondary N) is 1. The third-order valence-electron chi connectivity index (χ3n) is 3.80.